The van der Waals surface area contributed by atoms with Crippen molar-refractivity contribution in [2.24, 2.45) is 0 Å². The van der Waals surface area contributed by atoms with Crippen molar-refractivity contribution in [1.29, 1.82) is 0 Å². The highest BCUT2D eigenvalue weighted by molar-refractivity contribution is 5.85. The molecule has 6 heteroatoms. The predicted molar refractivity (Wildman–Crippen MR) is 119 cm³/mol. The maximum absolute atomic E-state index is 5.58. The Bertz CT molecular complexity index is 624. The summed E-state index contributed by atoms with van der Waals surface area (Å²) in [5.74, 6) is 1.85. The van der Waals surface area contributed by atoms with Crippen LogP contribution in [0.3, 0.4) is 0 Å². The molecule has 0 bridgehead atoms. The Balaban J connectivity index is 0.00000338. The van der Waals surface area contributed by atoms with E-state index in [1.165, 1.54) is 22.3 Å². The summed E-state index contributed by atoms with van der Waals surface area (Å²) in [7, 11) is 7.41. The van der Waals surface area contributed by atoms with Crippen molar-refractivity contribution in [3.05, 3.63) is 58.7 Å². The second kappa shape index (κ2) is 13.7. The van der Waals surface area contributed by atoms with Gasteiger partial charge in [0, 0.05) is 6.42 Å². The lowest BCUT2D eigenvalue weighted by molar-refractivity contribution is 0.405. The molecule has 2 rings (SSSR count). The lowest BCUT2D eigenvalue weighted by atomic mass is 9.97. The maximum Gasteiger partial charge on any atom is 0.122 e. The van der Waals surface area contributed by atoms with Gasteiger partial charge in [-0.25, -0.2) is 0 Å². The highest BCUT2D eigenvalue weighted by atomic mass is 35.5. The molecule has 0 aliphatic carbocycles. The number of nitrogens with one attached hydrogen (secondary N) is 2. The summed E-state index contributed by atoms with van der Waals surface area (Å²) in [6, 6.07) is 12.9. The highest BCUT2D eigenvalue weighted by Gasteiger charge is 2.10. The van der Waals surface area contributed by atoms with Gasteiger partial charge in [-0.05, 0) is 74.4 Å². The van der Waals surface area contributed by atoms with Gasteiger partial charge in [0.1, 0.15) is 11.5 Å². The molecular formula is C21H32Cl2N2O2. The number of hydrogen-bond acceptors (Lipinski definition) is 4. The molecule has 0 amide bonds. The zero-order valence-electron chi connectivity index (χ0n) is 16.6. The zero-order chi connectivity index (χ0) is 18.1. The molecule has 0 aliphatic heterocycles. The van der Waals surface area contributed by atoms with E-state index in [0.717, 1.165) is 43.9 Å². The van der Waals surface area contributed by atoms with E-state index >= 15 is 0 Å². The molecule has 2 aromatic carbocycles. The fraction of sp³-hybridized carbons (Fsp3) is 0.429. The molecule has 0 saturated heterocycles. The minimum Gasteiger partial charge on any atom is -0.496 e. The number of likely N-dealkylation sites (N-methyl/N-ethyl adjacent to an activating group) is 2. The normalized spacial score (nSPS) is 9.93. The first-order chi connectivity index (χ1) is 12.2. The van der Waals surface area contributed by atoms with Crippen LogP contribution in [0.2, 0.25) is 0 Å². The lowest BCUT2D eigenvalue weighted by Crippen LogP contribution is -2.11. The molecule has 2 aromatic rings. The van der Waals surface area contributed by atoms with Gasteiger partial charge in [0.2, 0.25) is 0 Å². The fourth-order valence-corrected chi connectivity index (χ4v) is 3.00. The quantitative estimate of drug-likeness (QED) is 0.622. The Morgan fingerprint density at radius 2 is 1.11 bits per heavy atom. The monoisotopic (exact) mass is 414 g/mol. The van der Waals surface area contributed by atoms with Crippen LogP contribution in [0.4, 0.5) is 0 Å². The molecule has 0 fully saturated rings. The van der Waals surface area contributed by atoms with Crippen molar-refractivity contribution >= 4 is 24.8 Å². The summed E-state index contributed by atoms with van der Waals surface area (Å²) in [6.07, 6.45) is 2.81. The number of methoxy groups -OCH3 is 2. The summed E-state index contributed by atoms with van der Waals surface area (Å²) >= 11 is 0. The number of hydrogen-bond donors (Lipinski definition) is 2. The molecule has 0 saturated carbocycles. The van der Waals surface area contributed by atoms with Gasteiger partial charge in [0.05, 0.1) is 14.2 Å². The van der Waals surface area contributed by atoms with Crippen LogP contribution in [-0.2, 0) is 19.3 Å². The van der Waals surface area contributed by atoms with Crippen LogP contribution < -0.4 is 20.1 Å². The van der Waals surface area contributed by atoms with E-state index in [4.69, 9.17) is 9.47 Å². The molecular weight excluding hydrogens is 383 g/mol. The third-order valence-corrected chi connectivity index (χ3v) is 4.40. The van der Waals surface area contributed by atoms with Gasteiger partial charge in [0.15, 0.2) is 0 Å². The van der Waals surface area contributed by atoms with Crippen molar-refractivity contribution in [3.63, 3.8) is 0 Å². The number of rotatable bonds is 10. The second-order valence-corrected chi connectivity index (χ2v) is 6.18. The number of ether oxygens (including phenoxy) is 2. The Morgan fingerprint density at radius 1 is 0.704 bits per heavy atom. The van der Waals surface area contributed by atoms with E-state index in [-0.39, 0.29) is 24.8 Å². The molecule has 0 radical (unpaired) electrons. The molecule has 0 atom stereocenters. The van der Waals surface area contributed by atoms with Gasteiger partial charge in [-0.1, -0.05) is 24.3 Å². The SMILES string of the molecule is CNCCc1ccc(OC)c(Cc2cc(CCNC)ccc2OC)c1.Cl.Cl. The van der Waals surface area contributed by atoms with Crippen LogP contribution in [0.25, 0.3) is 0 Å². The van der Waals surface area contributed by atoms with E-state index in [1.807, 2.05) is 14.1 Å². The Labute approximate surface area is 175 Å². The van der Waals surface area contributed by atoms with Crippen molar-refractivity contribution < 1.29 is 9.47 Å². The first-order valence-corrected chi connectivity index (χ1v) is 8.82. The van der Waals surface area contributed by atoms with Gasteiger partial charge in [-0.3, -0.25) is 0 Å². The third kappa shape index (κ3) is 7.59. The Hall–Kier alpha value is -1.46. The minimum atomic E-state index is 0. The molecule has 0 aromatic heterocycles. The van der Waals surface area contributed by atoms with Crippen LogP contribution in [0.1, 0.15) is 22.3 Å². The van der Waals surface area contributed by atoms with Crippen molar-refractivity contribution in [3.8, 4) is 11.5 Å². The van der Waals surface area contributed by atoms with Crippen LogP contribution in [-0.4, -0.2) is 41.4 Å². The smallest absolute Gasteiger partial charge is 0.122 e. The van der Waals surface area contributed by atoms with Gasteiger partial charge in [0.25, 0.3) is 0 Å². The highest BCUT2D eigenvalue weighted by Crippen LogP contribution is 2.28. The van der Waals surface area contributed by atoms with Crippen LogP contribution in [0, 0.1) is 0 Å². The van der Waals surface area contributed by atoms with Crippen LogP contribution in [0.15, 0.2) is 36.4 Å². The standard InChI is InChI=1S/C21H30N2O2.2ClH/c1-22-11-9-16-5-7-20(24-3)18(13-16)15-19-14-17(10-12-23-2)6-8-21(19)25-4;;/h5-8,13-14,22-23H,9-12,15H2,1-4H3;2*1H. The van der Waals surface area contributed by atoms with E-state index in [0.29, 0.717) is 0 Å². The molecule has 0 unspecified atom stereocenters. The Morgan fingerprint density at radius 3 is 1.44 bits per heavy atom. The van der Waals surface area contributed by atoms with E-state index in [9.17, 15) is 0 Å². The molecule has 0 spiro atoms. The van der Waals surface area contributed by atoms with Crippen molar-refractivity contribution in [2.75, 3.05) is 41.4 Å². The van der Waals surface area contributed by atoms with E-state index in [1.54, 1.807) is 14.2 Å². The summed E-state index contributed by atoms with van der Waals surface area (Å²) in [6.45, 7) is 1.93. The number of benzene rings is 2. The predicted octanol–water partition coefficient (Wildman–Crippen LogP) is 3.66. The topological polar surface area (TPSA) is 42.5 Å². The van der Waals surface area contributed by atoms with Gasteiger partial charge in [-0.15, -0.1) is 24.8 Å². The molecule has 4 nitrogen and oxygen atoms in total. The van der Waals surface area contributed by atoms with Crippen LogP contribution in [0.5, 0.6) is 11.5 Å². The first kappa shape index (κ1) is 25.5. The molecule has 0 aliphatic rings. The zero-order valence-corrected chi connectivity index (χ0v) is 18.3. The third-order valence-electron chi connectivity index (χ3n) is 4.40. The summed E-state index contributed by atoms with van der Waals surface area (Å²) in [5, 5.41) is 6.40. The lowest BCUT2D eigenvalue weighted by Gasteiger charge is -2.14. The summed E-state index contributed by atoms with van der Waals surface area (Å²) in [4.78, 5) is 0. The molecule has 0 heterocycles. The van der Waals surface area contributed by atoms with E-state index < -0.39 is 0 Å². The maximum atomic E-state index is 5.58. The molecule has 27 heavy (non-hydrogen) atoms. The molecule has 152 valence electrons. The largest absolute Gasteiger partial charge is 0.496 e. The Kier molecular flexibility index (Phi) is 12.9. The summed E-state index contributed by atoms with van der Waals surface area (Å²) < 4.78 is 11.2. The molecule has 2 N–H and O–H groups in total. The first-order valence-electron chi connectivity index (χ1n) is 8.82. The second-order valence-electron chi connectivity index (χ2n) is 6.18. The number of halogens is 2. The van der Waals surface area contributed by atoms with Gasteiger partial charge < -0.3 is 20.1 Å². The van der Waals surface area contributed by atoms with E-state index in [2.05, 4.69) is 47.0 Å². The van der Waals surface area contributed by atoms with Gasteiger partial charge >= 0.3 is 0 Å². The van der Waals surface area contributed by atoms with Crippen molar-refractivity contribution in [2.45, 2.75) is 19.3 Å². The van der Waals surface area contributed by atoms with Crippen LogP contribution >= 0.6 is 24.8 Å². The fourth-order valence-electron chi connectivity index (χ4n) is 3.00. The van der Waals surface area contributed by atoms with Gasteiger partial charge in [-0.2, -0.15) is 0 Å². The average Bonchev–Trinajstić information content (AvgIpc) is 2.65. The van der Waals surface area contributed by atoms with Crippen molar-refractivity contribution in [1.82, 2.24) is 10.6 Å². The summed E-state index contributed by atoms with van der Waals surface area (Å²) in [5.41, 5.74) is 5.02. The average molecular weight is 415 g/mol. The minimum absolute atomic E-state index is 0.